The molecule has 7 heteroatoms. The average Bonchev–Trinajstić information content (AvgIpc) is 3.18. The summed E-state index contributed by atoms with van der Waals surface area (Å²) in [5, 5.41) is 9.75. The Morgan fingerprint density at radius 3 is 2.85 bits per heavy atom. The lowest BCUT2D eigenvalue weighted by Crippen LogP contribution is -2.23. The van der Waals surface area contributed by atoms with Gasteiger partial charge in [-0.25, -0.2) is 0 Å². The second-order valence-corrected chi connectivity index (χ2v) is 8.02. The second-order valence-electron chi connectivity index (χ2n) is 6.27. The van der Waals surface area contributed by atoms with Gasteiger partial charge in [0.15, 0.2) is 5.16 Å². The number of hydrogen-bond donors (Lipinski definition) is 0. The number of carbonyl (C=O) groups is 1. The molecule has 2 aromatic carbocycles. The molecule has 1 aliphatic heterocycles. The molecule has 3 aromatic rings. The number of aryl methyl sites for hydroxylation is 1. The topological polar surface area (TPSA) is 51.0 Å². The molecule has 0 spiro atoms. The smallest absolute Gasteiger partial charge is 0.258 e. The van der Waals surface area contributed by atoms with Crippen molar-refractivity contribution in [3.05, 3.63) is 70.5 Å². The Kier molecular flexibility index (Phi) is 4.46. The summed E-state index contributed by atoms with van der Waals surface area (Å²) in [4.78, 5) is 14.5. The van der Waals surface area contributed by atoms with Crippen molar-refractivity contribution in [2.75, 3.05) is 4.90 Å². The molecule has 0 radical (unpaired) electrons. The molecular formula is C19H17ClN4OS. The number of fused-ring (bicyclic) bond motifs is 1. The van der Waals surface area contributed by atoms with Crippen LogP contribution in [0.25, 0.3) is 0 Å². The quantitative estimate of drug-likeness (QED) is 0.622. The van der Waals surface area contributed by atoms with Gasteiger partial charge in [-0.05, 0) is 48.4 Å². The number of benzene rings is 2. The minimum Gasteiger partial charge on any atom is -0.312 e. The largest absolute Gasteiger partial charge is 0.312 e. The molecule has 0 bridgehead atoms. The first-order valence-corrected chi connectivity index (χ1v) is 9.49. The number of anilines is 1. The van der Waals surface area contributed by atoms with Crippen molar-refractivity contribution in [3.63, 3.8) is 0 Å². The van der Waals surface area contributed by atoms with Gasteiger partial charge in [-0.15, -0.1) is 10.2 Å². The van der Waals surface area contributed by atoms with E-state index in [1.807, 2.05) is 29.8 Å². The van der Waals surface area contributed by atoms with Crippen LogP contribution in [0.2, 0.25) is 5.02 Å². The summed E-state index contributed by atoms with van der Waals surface area (Å²) in [5.41, 5.74) is 3.72. The summed E-state index contributed by atoms with van der Waals surface area (Å²) in [6.45, 7) is 2.67. The fraction of sp³-hybridized carbons (Fsp3) is 0.211. The molecule has 0 saturated heterocycles. The van der Waals surface area contributed by atoms with Crippen LogP contribution in [0.3, 0.4) is 0 Å². The van der Waals surface area contributed by atoms with E-state index >= 15 is 0 Å². The van der Waals surface area contributed by atoms with E-state index in [1.165, 1.54) is 0 Å². The number of amides is 1. The predicted octanol–water partition coefficient (Wildman–Crippen LogP) is 4.48. The van der Waals surface area contributed by atoms with Crippen molar-refractivity contribution in [1.29, 1.82) is 0 Å². The molecule has 132 valence electrons. The van der Waals surface area contributed by atoms with Gasteiger partial charge >= 0.3 is 0 Å². The van der Waals surface area contributed by atoms with Gasteiger partial charge in [0, 0.05) is 28.6 Å². The normalized spacial score (nSPS) is 14.6. The monoisotopic (exact) mass is 384 g/mol. The maximum atomic E-state index is 12.7. The van der Waals surface area contributed by atoms with E-state index in [4.69, 9.17) is 11.6 Å². The lowest BCUT2D eigenvalue weighted by atomic mass is 10.1. The zero-order valence-corrected chi connectivity index (χ0v) is 16.0. The van der Waals surface area contributed by atoms with Crippen molar-refractivity contribution in [2.24, 2.45) is 7.05 Å². The number of rotatable bonds is 4. The summed E-state index contributed by atoms with van der Waals surface area (Å²) in [7, 11) is 1.93. The molecule has 0 unspecified atom stereocenters. The number of nitrogens with zero attached hydrogens (tertiary/aromatic N) is 4. The van der Waals surface area contributed by atoms with Crippen LogP contribution in [0.4, 0.5) is 5.69 Å². The van der Waals surface area contributed by atoms with Crippen LogP contribution >= 0.6 is 23.4 Å². The Balaban J connectivity index is 1.59. The van der Waals surface area contributed by atoms with Crippen molar-refractivity contribution >= 4 is 35.0 Å². The molecule has 26 heavy (non-hydrogen) atoms. The highest BCUT2D eigenvalue weighted by atomic mass is 35.5. The van der Waals surface area contributed by atoms with Gasteiger partial charge in [0.2, 0.25) is 0 Å². The summed E-state index contributed by atoms with van der Waals surface area (Å²) in [6.07, 6.45) is 1.69. The average molecular weight is 385 g/mol. The van der Waals surface area contributed by atoms with E-state index in [-0.39, 0.29) is 11.2 Å². The van der Waals surface area contributed by atoms with Gasteiger partial charge < -0.3 is 9.47 Å². The highest BCUT2D eigenvalue weighted by Crippen LogP contribution is 2.36. The third-order valence-corrected chi connectivity index (χ3v) is 5.92. The molecule has 0 saturated carbocycles. The molecular weight excluding hydrogens is 368 g/mol. The molecule has 5 nitrogen and oxygen atoms in total. The highest BCUT2D eigenvalue weighted by molar-refractivity contribution is 7.99. The summed E-state index contributed by atoms with van der Waals surface area (Å²) >= 11 is 7.71. The van der Waals surface area contributed by atoms with Crippen LogP contribution in [0.15, 0.2) is 53.9 Å². The van der Waals surface area contributed by atoms with E-state index in [0.717, 1.165) is 27.5 Å². The molecule has 2 heterocycles. The maximum absolute atomic E-state index is 12.7. The van der Waals surface area contributed by atoms with Gasteiger partial charge in [0.25, 0.3) is 5.91 Å². The molecule has 1 aromatic heterocycles. The zero-order valence-electron chi connectivity index (χ0n) is 14.4. The van der Waals surface area contributed by atoms with Gasteiger partial charge in [-0.2, -0.15) is 0 Å². The zero-order chi connectivity index (χ0) is 18.3. The van der Waals surface area contributed by atoms with Gasteiger partial charge in [0.1, 0.15) is 6.33 Å². The third kappa shape index (κ3) is 3.10. The lowest BCUT2D eigenvalue weighted by Gasteiger charge is -2.18. The Morgan fingerprint density at radius 1 is 1.23 bits per heavy atom. The van der Waals surface area contributed by atoms with E-state index in [2.05, 4.69) is 29.3 Å². The van der Waals surface area contributed by atoms with Crippen LogP contribution in [0.5, 0.6) is 0 Å². The number of thioether (sulfide) groups is 1. The van der Waals surface area contributed by atoms with Gasteiger partial charge in [-0.1, -0.05) is 35.5 Å². The van der Waals surface area contributed by atoms with E-state index < -0.39 is 0 Å². The molecule has 0 fully saturated rings. The van der Waals surface area contributed by atoms with Crippen molar-refractivity contribution in [2.45, 2.75) is 23.9 Å². The maximum Gasteiger partial charge on any atom is 0.258 e. The number of hydrogen-bond acceptors (Lipinski definition) is 4. The Bertz CT molecular complexity index is 987. The molecule has 0 aliphatic carbocycles. The Morgan fingerprint density at radius 2 is 2.08 bits per heavy atom. The molecule has 1 atom stereocenters. The van der Waals surface area contributed by atoms with Crippen LogP contribution in [-0.4, -0.2) is 20.7 Å². The highest BCUT2D eigenvalue weighted by Gasteiger charge is 2.28. The van der Waals surface area contributed by atoms with Crippen LogP contribution in [0, 0.1) is 0 Å². The summed E-state index contributed by atoms with van der Waals surface area (Å²) < 4.78 is 1.90. The summed E-state index contributed by atoms with van der Waals surface area (Å²) in [6, 6.07) is 13.5. The number of aromatic nitrogens is 3. The first kappa shape index (κ1) is 17.1. The van der Waals surface area contributed by atoms with E-state index in [9.17, 15) is 4.79 Å². The predicted molar refractivity (Wildman–Crippen MR) is 104 cm³/mol. The molecule has 1 aliphatic rings. The fourth-order valence-electron chi connectivity index (χ4n) is 3.05. The third-order valence-electron chi connectivity index (χ3n) is 4.47. The Hall–Kier alpha value is -2.31. The molecule has 1 amide bonds. The molecule has 4 rings (SSSR count). The Labute approximate surface area is 161 Å². The summed E-state index contributed by atoms with van der Waals surface area (Å²) in [5.74, 6) is 0.0161. The van der Waals surface area contributed by atoms with Gasteiger partial charge in [0.05, 0.1) is 6.54 Å². The first-order chi connectivity index (χ1) is 12.5. The van der Waals surface area contributed by atoms with Crippen molar-refractivity contribution < 1.29 is 4.79 Å². The van der Waals surface area contributed by atoms with E-state index in [0.29, 0.717) is 11.6 Å². The minimum atomic E-state index is 0.0161. The minimum absolute atomic E-state index is 0.0161. The first-order valence-electron chi connectivity index (χ1n) is 8.24. The standard InChI is InChI=1S/C19H17ClN4OS/c1-12(26-19-22-21-11-23(19)2)13-4-3-5-16(9-13)24-10-14-8-15(20)6-7-17(14)18(24)25/h3-9,11-12H,10H2,1-2H3/t12-/m0/s1. The number of carbonyl (C=O) groups excluding carboxylic acids is 1. The van der Waals surface area contributed by atoms with Crippen LogP contribution in [-0.2, 0) is 13.6 Å². The van der Waals surface area contributed by atoms with Crippen molar-refractivity contribution in [1.82, 2.24) is 14.8 Å². The number of halogens is 1. The SMILES string of the molecule is C[C@H](Sc1nncn1C)c1cccc(N2Cc3cc(Cl)ccc3C2=O)c1. The fourth-order valence-corrected chi connectivity index (χ4v) is 4.15. The van der Waals surface area contributed by atoms with Crippen LogP contribution < -0.4 is 4.90 Å². The van der Waals surface area contributed by atoms with Gasteiger partial charge in [-0.3, -0.25) is 4.79 Å². The lowest BCUT2D eigenvalue weighted by molar-refractivity contribution is 0.0996. The second kappa shape index (κ2) is 6.78. The van der Waals surface area contributed by atoms with E-state index in [1.54, 1.807) is 35.1 Å². The van der Waals surface area contributed by atoms with Crippen molar-refractivity contribution in [3.8, 4) is 0 Å². The molecule has 0 N–H and O–H groups in total. The van der Waals surface area contributed by atoms with Crippen LogP contribution in [0.1, 0.15) is 33.7 Å².